The average Bonchev–Trinajstić information content (AvgIpc) is 3.10. The Morgan fingerprint density at radius 1 is 1.21 bits per heavy atom. The van der Waals surface area contributed by atoms with Crippen LogP contribution < -0.4 is 10.5 Å². The molecule has 2 heterocycles. The van der Waals surface area contributed by atoms with Crippen molar-refractivity contribution in [2.24, 2.45) is 5.73 Å². The minimum absolute atomic E-state index is 0.0654. The molecule has 2 N–H and O–H groups in total. The second-order valence-corrected chi connectivity index (χ2v) is 10.1. The standard InChI is InChI=1S/C23H31BBr2N4O.C2H6/c1-5-9-20(21(27)24-28(4)17-10-7-6-8-11-17)30-13-12-29(16-23(30,2)3)15-18-14-19(25)22(26)31-18;1-2/h6-11,14H,5,12-13,15-16,27H2,1-4H3;1-2H3/b20-9+;. The van der Waals surface area contributed by atoms with E-state index in [4.69, 9.17) is 10.2 Å². The normalized spacial score (nSPS) is 16.7. The second-order valence-electron chi connectivity index (χ2n) is 8.54. The number of para-hydroxylation sites is 1. The molecule has 0 radical (unpaired) electrons. The van der Waals surface area contributed by atoms with Crippen molar-refractivity contribution in [2.45, 2.75) is 53.1 Å². The minimum atomic E-state index is -0.0654. The van der Waals surface area contributed by atoms with Gasteiger partial charge in [0.05, 0.1) is 0 Å². The molecule has 2 aromatic rings. The summed E-state index contributed by atoms with van der Waals surface area (Å²) in [4.78, 5) is 6.97. The van der Waals surface area contributed by atoms with Gasteiger partial charge in [0.15, 0.2) is 0 Å². The molecular formula is C25H37BBr2N4O. The fourth-order valence-corrected chi connectivity index (χ4v) is 4.78. The van der Waals surface area contributed by atoms with Gasteiger partial charge in [0.25, 0.3) is 0 Å². The number of halogens is 2. The van der Waals surface area contributed by atoms with Crippen LogP contribution in [-0.2, 0) is 6.54 Å². The van der Waals surface area contributed by atoms with Crippen LogP contribution in [0.4, 0.5) is 5.69 Å². The van der Waals surface area contributed by atoms with E-state index in [1.807, 2.05) is 52.2 Å². The van der Waals surface area contributed by atoms with Gasteiger partial charge < -0.3 is 0 Å². The molecule has 0 amide bonds. The molecule has 3 rings (SSSR count). The van der Waals surface area contributed by atoms with Gasteiger partial charge in [-0.3, -0.25) is 0 Å². The average molecular weight is 580 g/mol. The number of hydrogen-bond acceptors (Lipinski definition) is 5. The molecule has 1 aromatic heterocycles. The Morgan fingerprint density at radius 2 is 1.88 bits per heavy atom. The van der Waals surface area contributed by atoms with Crippen molar-refractivity contribution >= 4 is 50.2 Å². The summed E-state index contributed by atoms with van der Waals surface area (Å²) >= 11 is 6.93. The van der Waals surface area contributed by atoms with Gasteiger partial charge in [0.2, 0.25) is 0 Å². The number of rotatable bonds is 7. The molecular weight excluding hydrogens is 543 g/mol. The first kappa shape index (κ1) is 27.7. The van der Waals surface area contributed by atoms with Crippen LogP contribution in [0.3, 0.4) is 0 Å². The first-order valence-electron chi connectivity index (χ1n) is 11.6. The molecule has 5 nitrogen and oxygen atoms in total. The molecule has 180 valence electrons. The summed E-state index contributed by atoms with van der Waals surface area (Å²) in [5.74, 6) is 0.955. The van der Waals surface area contributed by atoms with Crippen molar-refractivity contribution < 1.29 is 4.42 Å². The molecule has 1 aromatic carbocycles. The van der Waals surface area contributed by atoms with E-state index in [1.54, 1.807) is 0 Å². The first-order valence-corrected chi connectivity index (χ1v) is 13.2. The van der Waals surface area contributed by atoms with E-state index < -0.39 is 0 Å². The molecule has 1 aliphatic rings. The molecule has 1 aliphatic heterocycles. The molecule has 1 saturated heterocycles. The Hall–Kier alpha value is -1.51. The molecule has 8 heteroatoms. The number of nitrogens with zero attached hydrogens (tertiary/aromatic N) is 3. The van der Waals surface area contributed by atoms with Gasteiger partial charge in [-0.15, -0.1) is 0 Å². The van der Waals surface area contributed by atoms with E-state index in [2.05, 4.69) is 85.5 Å². The SMILES string of the molecule is CC.CC/C=C(\C(N)=BN(C)c1ccccc1)N1CCN(Cc2cc(Br)c(Br)o2)CC1(C)C. The predicted molar refractivity (Wildman–Crippen MR) is 150 cm³/mol. The molecule has 0 unspecified atom stereocenters. The van der Waals surface area contributed by atoms with E-state index >= 15 is 0 Å². The zero-order valence-electron chi connectivity index (χ0n) is 20.7. The van der Waals surface area contributed by atoms with Crippen LogP contribution in [0.1, 0.15) is 46.8 Å². The third-order valence-corrected chi connectivity index (χ3v) is 7.25. The van der Waals surface area contributed by atoms with Crippen molar-refractivity contribution in [1.82, 2.24) is 9.80 Å². The quantitative estimate of drug-likeness (QED) is 0.416. The first-order chi connectivity index (χ1) is 15.7. The Balaban J connectivity index is 0.00000187. The summed E-state index contributed by atoms with van der Waals surface area (Å²) < 4.78 is 7.49. The zero-order valence-corrected chi connectivity index (χ0v) is 23.9. The van der Waals surface area contributed by atoms with Gasteiger partial charge in [-0.05, 0) is 0 Å². The van der Waals surface area contributed by atoms with Crippen molar-refractivity contribution in [3.63, 3.8) is 0 Å². The monoisotopic (exact) mass is 578 g/mol. The van der Waals surface area contributed by atoms with Crippen molar-refractivity contribution in [3.05, 3.63) is 63.1 Å². The summed E-state index contributed by atoms with van der Waals surface area (Å²) in [6.07, 6.45) is 3.17. The fraction of sp³-hybridized carbons (Fsp3) is 0.480. The summed E-state index contributed by atoms with van der Waals surface area (Å²) in [7, 11) is 4.06. The van der Waals surface area contributed by atoms with Crippen molar-refractivity contribution in [3.8, 4) is 0 Å². The molecule has 1 fully saturated rings. The van der Waals surface area contributed by atoms with Crippen LogP contribution in [0.25, 0.3) is 0 Å². The summed E-state index contributed by atoms with van der Waals surface area (Å²) in [5.41, 5.74) is 9.58. The number of anilines is 1. The number of benzene rings is 1. The van der Waals surface area contributed by atoms with Gasteiger partial charge in [0.1, 0.15) is 0 Å². The van der Waals surface area contributed by atoms with E-state index in [9.17, 15) is 0 Å². The van der Waals surface area contributed by atoms with Crippen LogP contribution in [0.5, 0.6) is 0 Å². The Kier molecular flexibility index (Phi) is 10.8. The van der Waals surface area contributed by atoms with Crippen molar-refractivity contribution in [1.29, 1.82) is 0 Å². The molecule has 0 saturated carbocycles. The second kappa shape index (κ2) is 12.8. The van der Waals surface area contributed by atoms with E-state index in [1.165, 1.54) is 0 Å². The third-order valence-electron chi connectivity index (χ3n) is 5.54. The number of nitrogens with two attached hydrogens (primary N) is 1. The number of furan rings is 1. The van der Waals surface area contributed by atoms with Crippen molar-refractivity contribution in [2.75, 3.05) is 31.5 Å². The molecule has 33 heavy (non-hydrogen) atoms. The van der Waals surface area contributed by atoms with Gasteiger partial charge in [0, 0.05) is 0 Å². The topological polar surface area (TPSA) is 48.9 Å². The van der Waals surface area contributed by atoms with Gasteiger partial charge in [-0.2, -0.15) is 0 Å². The van der Waals surface area contributed by atoms with E-state index in [0.29, 0.717) is 0 Å². The Bertz CT molecular complexity index is 924. The Morgan fingerprint density at radius 3 is 2.42 bits per heavy atom. The van der Waals surface area contributed by atoms with Crippen LogP contribution in [0.15, 0.2) is 61.7 Å². The fourth-order valence-electron chi connectivity index (χ4n) is 4.12. The van der Waals surface area contributed by atoms with Gasteiger partial charge >= 0.3 is 204 Å². The predicted octanol–water partition coefficient (Wildman–Crippen LogP) is 5.87. The maximum absolute atomic E-state index is 6.64. The summed E-state index contributed by atoms with van der Waals surface area (Å²) in [5, 5.41) is 0. The molecule has 0 spiro atoms. The Labute approximate surface area is 217 Å². The number of hydrogen-bond donors (Lipinski definition) is 1. The van der Waals surface area contributed by atoms with Crippen LogP contribution in [-0.4, -0.2) is 54.7 Å². The molecule has 0 atom stereocenters. The van der Waals surface area contributed by atoms with Gasteiger partial charge in [-0.25, -0.2) is 0 Å². The van der Waals surface area contributed by atoms with Crippen LogP contribution in [0.2, 0.25) is 0 Å². The van der Waals surface area contributed by atoms with Crippen LogP contribution >= 0.6 is 31.9 Å². The van der Waals surface area contributed by atoms with Gasteiger partial charge in [-0.1, -0.05) is 13.8 Å². The molecule has 0 aliphatic carbocycles. The number of piperazine rings is 1. The maximum atomic E-state index is 6.64. The third kappa shape index (κ3) is 7.49. The summed E-state index contributed by atoms with van der Waals surface area (Å²) in [6, 6.07) is 12.3. The molecule has 0 bridgehead atoms. The van der Waals surface area contributed by atoms with E-state index in [0.717, 1.165) is 64.5 Å². The number of allylic oxidation sites excluding steroid dienone is 1. The van der Waals surface area contributed by atoms with E-state index in [-0.39, 0.29) is 5.54 Å². The van der Waals surface area contributed by atoms with Crippen LogP contribution in [0, 0.1) is 0 Å². The zero-order chi connectivity index (χ0) is 24.6. The summed E-state index contributed by atoms with van der Waals surface area (Å²) in [6.45, 7) is 14.3.